The van der Waals surface area contributed by atoms with E-state index in [0.717, 1.165) is 46.5 Å². The molecule has 1 amide bonds. The summed E-state index contributed by atoms with van der Waals surface area (Å²) in [5.41, 5.74) is 6.66. The fraction of sp³-hybridized carbons (Fsp3) is 0.241. The number of benzene rings is 3. The Morgan fingerprint density at radius 1 is 1.00 bits per heavy atom. The lowest BCUT2D eigenvalue weighted by atomic mass is 9.95. The number of aromatic amines is 1. The van der Waals surface area contributed by atoms with Gasteiger partial charge in [0.2, 0.25) is 0 Å². The van der Waals surface area contributed by atoms with Crippen molar-refractivity contribution >= 4 is 17.5 Å². The lowest BCUT2D eigenvalue weighted by molar-refractivity contribution is 0.0741. The second-order valence-corrected chi connectivity index (χ2v) is 9.40. The zero-order valence-electron chi connectivity index (χ0n) is 19.9. The molecular weight excluding hydrogens is 458 g/mol. The van der Waals surface area contributed by atoms with Crippen LogP contribution in [-0.4, -0.2) is 27.5 Å². The fourth-order valence-corrected chi connectivity index (χ4v) is 4.65. The van der Waals surface area contributed by atoms with Crippen LogP contribution in [0.1, 0.15) is 58.5 Å². The molecular formula is C29H28ClN3O2. The Balaban J connectivity index is 1.45. The Hall–Kier alpha value is -3.57. The molecule has 35 heavy (non-hydrogen) atoms. The van der Waals surface area contributed by atoms with Crippen LogP contribution in [0.2, 0.25) is 5.02 Å². The lowest BCUT2D eigenvalue weighted by Crippen LogP contribution is -2.30. The van der Waals surface area contributed by atoms with E-state index in [1.165, 1.54) is 5.56 Å². The Morgan fingerprint density at radius 3 is 2.40 bits per heavy atom. The van der Waals surface area contributed by atoms with Gasteiger partial charge in [0.05, 0.1) is 11.7 Å². The fourth-order valence-electron chi connectivity index (χ4n) is 4.53. The van der Waals surface area contributed by atoms with E-state index in [2.05, 4.69) is 60.4 Å². The summed E-state index contributed by atoms with van der Waals surface area (Å²) in [6, 6.07) is 23.8. The first-order chi connectivity index (χ1) is 17.0. The number of nitrogens with one attached hydrogen (secondary N) is 1. The first-order valence-corrected chi connectivity index (χ1v) is 12.4. The number of rotatable bonds is 8. The van der Waals surface area contributed by atoms with E-state index < -0.39 is 0 Å². The largest absolute Gasteiger partial charge is 0.489 e. The van der Waals surface area contributed by atoms with Crippen LogP contribution >= 0.6 is 11.6 Å². The van der Waals surface area contributed by atoms with Crippen molar-refractivity contribution in [2.75, 3.05) is 6.54 Å². The minimum absolute atomic E-state index is 0.00683. The number of fused-ring (bicyclic) bond motifs is 1. The number of ether oxygens (including phenoxy) is 1. The Bertz CT molecular complexity index is 1310. The van der Waals surface area contributed by atoms with Crippen molar-refractivity contribution < 1.29 is 9.53 Å². The van der Waals surface area contributed by atoms with Crippen LogP contribution in [0.4, 0.5) is 0 Å². The molecule has 0 saturated carbocycles. The highest BCUT2D eigenvalue weighted by atomic mass is 35.5. The molecule has 1 unspecified atom stereocenters. The van der Waals surface area contributed by atoms with E-state index >= 15 is 0 Å². The number of halogens is 1. The Labute approximate surface area is 210 Å². The summed E-state index contributed by atoms with van der Waals surface area (Å²) < 4.78 is 5.98. The number of carbonyl (C=O) groups is 1. The van der Waals surface area contributed by atoms with Crippen LogP contribution < -0.4 is 4.74 Å². The minimum Gasteiger partial charge on any atom is -0.489 e. The minimum atomic E-state index is -0.190. The van der Waals surface area contributed by atoms with Gasteiger partial charge in [-0.05, 0) is 48.7 Å². The molecule has 5 nitrogen and oxygen atoms in total. The van der Waals surface area contributed by atoms with Gasteiger partial charge in [-0.2, -0.15) is 5.10 Å². The van der Waals surface area contributed by atoms with Crippen molar-refractivity contribution in [3.63, 3.8) is 0 Å². The van der Waals surface area contributed by atoms with Gasteiger partial charge in [-0.15, -0.1) is 0 Å². The van der Waals surface area contributed by atoms with Crippen LogP contribution in [0, 0.1) is 6.92 Å². The average Bonchev–Trinajstić information content (AvgIpc) is 3.42. The summed E-state index contributed by atoms with van der Waals surface area (Å²) >= 11 is 5.97. The van der Waals surface area contributed by atoms with Crippen LogP contribution in [0.3, 0.4) is 0 Å². The second kappa shape index (κ2) is 9.96. The normalized spacial score (nSPS) is 14.9. The third kappa shape index (κ3) is 4.69. The summed E-state index contributed by atoms with van der Waals surface area (Å²) in [4.78, 5) is 15.3. The molecule has 5 rings (SSSR count). The van der Waals surface area contributed by atoms with Crippen LogP contribution in [0.5, 0.6) is 5.75 Å². The molecule has 4 aromatic rings. The number of hydrogen-bond donors (Lipinski definition) is 1. The average molecular weight is 486 g/mol. The molecule has 0 fully saturated rings. The number of aromatic nitrogens is 2. The molecule has 178 valence electrons. The molecule has 6 heteroatoms. The molecule has 0 spiro atoms. The number of amides is 1. The van der Waals surface area contributed by atoms with Gasteiger partial charge in [0.15, 0.2) is 0 Å². The summed E-state index contributed by atoms with van der Waals surface area (Å²) in [7, 11) is 0. The quantitative estimate of drug-likeness (QED) is 0.293. The van der Waals surface area contributed by atoms with Gasteiger partial charge in [0.1, 0.15) is 18.1 Å². The van der Waals surface area contributed by atoms with Crippen LogP contribution in [0.25, 0.3) is 11.3 Å². The first kappa shape index (κ1) is 23.2. The Morgan fingerprint density at radius 2 is 1.71 bits per heavy atom. The lowest BCUT2D eigenvalue weighted by Gasteiger charge is -2.26. The predicted octanol–water partition coefficient (Wildman–Crippen LogP) is 6.96. The molecule has 1 aliphatic rings. The third-order valence-corrected chi connectivity index (χ3v) is 6.71. The third-order valence-electron chi connectivity index (χ3n) is 6.46. The predicted molar refractivity (Wildman–Crippen MR) is 139 cm³/mol. The van der Waals surface area contributed by atoms with Crippen molar-refractivity contribution in [3.05, 3.63) is 106 Å². The zero-order chi connectivity index (χ0) is 24.4. The maximum atomic E-state index is 13.4. The topological polar surface area (TPSA) is 58.2 Å². The highest BCUT2D eigenvalue weighted by molar-refractivity contribution is 6.30. The number of unbranched alkanes of at least 4 members (excludes halogenated alkanes) is 1. The summed E-state index contributed by atoms with van der Waals surface area (Å²) in [5, 5.41) is 8.30. The van der Waals surface area contributed by atoms with E-state index in [1.54, 1.807) is 0 Å². The smallest absolute Gasteiger partial charge is 0.273 e. The number of hydrogen-bond acceptors (Lipinski definition) is 3. The van der Waals surface area contributed by atoms with Crippen molar-refractivity contribution in [1.29, 1.82) is 0 Å². The van der Waals surface area contributed by atoms with Crippen molar-refractivity contribution in [3.8, 4) is 17.0 Å². The SMILES string of the molecule is CCCCN1C(=O)c2[nH]nc(-c3ccc(C)cc3)c2C1c1ccc(OCc2ccc(Cl)cc2)cc1. The maximum Gasteiger partial charge on any atom is 0.273 e. The van der Waals surface area contributed by atoms with Gasteiger partial charge >= 0.3 is 0 Å². The second-order valence-electron chi connectivity index (χ2n) is 8.97. The molecule has 1 atom stereocenters. The maximum absolute atomic E-state index is 13.4. The molecule has 0 saturated heterocycles. The molecule has 1 aliphatic heterocycles. The van der Waals surface area contributed by atoms with E-state index in [4.69, 9.17) is 16.3 Å². The number of carbonyl (C=O) groups excluding carboxylic acids is 1. The number of aryl methyl sites for hydroxylation is 1. The molecule has 2 heterocycles. The Kier molecular flexibility index (Phi) is 6.60. The molecule has 0 radical (unpaired) electrons. The van der Waals surface area contributed by atoms with E-state index in [-0.39, 0.29) is 11.9 Å². The van der Waals surface area contributed by atoms with Crippen LogP contribution in [0.15, 0.2) is 72.8 Å². The van der Waals surface area contributed by atoms with Gasteiger partial charge < -0.3 is 9.64 Å². The van der Waals surface area contributed by atoms with Crippen molar-refractivity contribution in [2.24, 2.45) is 0 Å². The van der Waals surface area contributed by atoms with Crippen LogP contribution in [-0.2, 0) is 6.61 Å². The monoisotopic (exact) mass is 485 g/mol. The standard InChI is InChI=1S/C29H28ClN3O2/c1-3-4-17-33-28(22-11-15-24(16-12-22)35-18-20-7-13-23(30)14-8-20)25-26(31-32-27(25)29(33)34)21-9-5-19(2)6-10-21/h5-16,28H,3-4,17-18H2,1-2H3,(H,31,32). The van der Waals surface area contributed by atoms with Crippen molar-refractivity contribution in [2.45, 2.75) is 39.3 Å². The highest BCUT2D eigenvalue weighted by Gasteiger charge is 2.41. The van der Waals surface area contributed by atoms with Gasteiger partial charge in [0.25, 0.3) is 5.91 Å². The first-order valence-electron chi connectivity index (χ1n) is 12.0. The van der Waals surface area contributed by atoms with Gasteiger partial charge in [0, 0.05) is 22.7 Å². The number of H-pyrrole nitrogens is 1. The van der Waals surface area contributed by atoms with E-state index in [0.29, 0.717) is 23.9 Å². The zero-order valence-corrected chi connectivity index (χ0v) is 20.7. The van der Waals surface area contributed by atoms with Gasteiger partial charge in [-0.25, -0.2) is 0 Å². The summed E-state index contributed by atoms with van der Waals surface area (Å²) in [6.07, 6.45) is 1.97. The molecule has 0 aliphatic carbocycles. The summed E-state index contributed by atoms with van der Waals surface area (Å²) in [6.45, 7) is 5.37. The molecule has 0 bridgehead atoms. The summed E-state index contributed by atoms with van der Waals surface area (Å²) in [5.74, 6) is 0.784. The number of nitrogens with zero attached hydrogens (tertiary/aromatic N) is 2. The van der Waals surface area contributed by atoms with E-state index in [1.807, 2.05) is 41.3 Å². The van der Waals surface area contributed by atoms with Gasteiger partial charge in [-0.1, -0.05) is 79.0 Å². The van der Waals surface area contributed by atoms with E-state index in [9.17, 15) is 4.79 Å². The molecule has 1 N–H and O–H groups in total. The molecule has 1 aromatic heterocycles. The van der Waals surface area contributed by atoms with Gasteiger partial charge in [-0.3, -0.25) is 9.89 Å². The van der Waals surface area contributed by atoms with Crippen molar-refractivity contribution in [1.82, 2.24) is 15.1 Å². The highest BCUT2D eigenvalue weighted by Crippen LogP contribution is 2.43. The molecule has 3 aromatic carbocycles.